The molecular formula is C20H27N3O3. The third-order valence-electron chi connectivity index (χ3n) is 4.99. The summed E-state index contributed by atoms with van der Waals surface area (Å²) < 4.78 is 11.6. The quantitative estimate of drug-likeness (QED) is 0.773. The molecule has 2 heterocycles. The molecule has 3 rings (SSSR count). The molecule has 0 radical (unpaired) electrons. The first-order valence-corrected chi connectivity index (χ1v) is 9.11. The summed E-state index contributed by atoms with van der Waals surface area (Å²) in [4.78, 5) is 16.5. The van der Waals surface area contributed by atoms with E-state index >= 15 is 0 Å². The molecule has 0 bridgehead atoms. The van der Waals surface area contributed by atoms with Crippen LogP contribution in [0.2, 0.25) is 0 Å². The number of fused-ring (bicyclic) bond motifs is 1. The van der Waals surface area contributed by atoms with Gasteiger partial charge in [0, 0.05) is 26.2 Å². The van der Waals surface area contributed by atoms with Crippen molar-refractivity contribution >= 4 is 6.09 Å². The van der Waals surface area contributed by atoms with Crippen LogP contribution in [0.4, 0.5) is 4.79 Å². The first kappa shape index (κ1) is 18.7. The van der Waals surface area contributed by atoms with E-state index in [1.165, 1.54) is 0 Å². The van der Waals surface area contributed by atoms with Crippen LogP contribution in [0, 0.1) is 18.3 Å². The maximum absolute atomic E-state index is 12.3. The Kier molecular flexibility index (Phi) is 5.22. The number of hydrogen-bond donors (Lipinski definition) is 0. The highest BCUT2D eigenvalue weighted by atomic mass is 16.6. The van der Waals surface area contributed by atoms with E-state index in [1.807, 2.05) is 45.9 Å². The van der Waals surface area contributed by atoms with Crippen LogP contribution >= 0.6 is 0 Å². The Morgan fingerprint density at radius 1 is 1.31 bits per heavy atom. The van der Waals surface area contributed by atoms with Crippen LogP contribution in [0.15, 0.2) is 18.2 Å². The van der Waals surface area contributed by atoms with E-state index in [1.54, 1.807) is 4.90 Å². The zero-order valence-electron chi connectivity index (χ0n) is 16.0. The maximum Gasteiger partial charge on any atom is 0.410 e. The fraction of sp³-hybridized carbons (Fsp3) is 0.600. The Labute approximate surface area is 155 Å². The maximum atomic E-state index is 12.3. The summed E-state index contributed by atoms with van der Waals surface area (Å²) in [5, 5.41) is 9.24. The summed E-state index contributed by atoms with van der Waals surface area (Å²) in [5.41, 5.74) is 2.29. The Hall–Kier alpha value is -2.10. The van der Waals surface area contributed by atoms with Crippen molar-refractivity contribution in [3.05, 3.63) is 34.9 Å². The van der Waals surface area contributed by atoms with E-state index in [9.17, 15) is 10.1 Å². The lowest BCUT2D eigenvalue weighted by Crippen LogP contribution is -2.60. The van der Waals surface area contributed by atoms with E-state index in [4.69, 9.17) is 9.47 Å². The largest absolute Gasteiger partial charge is 0.444 e. The van der Waals surface area contributed by atoms with Crippen molar-refractivity contribution in [3.63, 3.8) is 0 Å². The molecular weight excluding hydrogens is 330 g/mol. The molecule has 6 heteroatoms. The molecule has 0 unspecified atom stereocenters. The fourth-order valence-corrected chi connectivity index (χ4v) is 3.59. The summed E-state index contributed by atoms with van der Waals surface area (Å²) in [5.74, 6) is 0. The predicted octanol–water partition coefficient (Wildman–Crippen LogP) is 2.86. The summed E-state index contributed by atoms with van der Waals surface area (Å²) in [7, 11) is 0. The van der Waals surface area contributed by atoms with Crippen molar-refractivity contribution in [2.24, 2.45) is 0 Å². The second-order valence-corrected chi connectivity index (χ2v) is 8.03. The van der Waals surface area contributed by atoms with E-state index in [2.05, 4.69) is 11.0 Å². The van der Waals surface area contributed by atoms with Crippen LogP contribution < -0.4 is 0 Å². The van der Waals surface area contributed by atoms with Crippen molar-refractivity contribution in [2.45, 2.75) is 45.4 Å². The Morgan fingerprint density at radius 2 is 2.08 bits per heavy atom. The molecule has 2 atom stereocenters. The number of rotatable bonds is 1. The lowest BCUT2D eigenvalue weighted by Gasteiger charge is -2.46. The third kappa shape index (κ3) is 4.00. The first-order chi connectivity index (χ1) is 12.3. The van der Waals surface area contributed by atoms with Crippen molar-refractivity contribution in [1.29, 1.82) is 5.26 Å². The van der Waals surface area contributed by atoms with Crippen molar-refractivity contribution in [1.82, 2.24) is 9.80 Å². The molecule has 2 saturated heterocycles. The standard InChI is InChI=1S/C20H27N3O3/c1-14-15(10-21)6-5-7-17(14)18-12-22-8-9-23(11-16(22)13-25-18)19(24)26-20(2,3)4/h5-7,16,18H,8-9,11-13H2,1-4H3/t16-,18-/m0/s1. The minimum Gasteiger partial charge on any atom is -0.444 e. The zero-order valence-corrected chi connectivity index (χ0v) is 16.0. The van der Waals surface area contributed by atoms with Gasteiger partial charge in [0.1, 0.15) is 5.60 Å². The number of nitrogens with zero attached hydrogens (tertiary/aromatic N) is 3. The van der Waals surface area contributed by atoms with Gasteiger partial charge in [-0.2, -0.15) is 5.26 Å². The van der Waals surface area contributed by atoms with Gasteiger partial charge >= 0.3 is 6.09 Å². The number of carbonyl (C=O) groups is 1. The molecule has 1 aromatic rings. The van der Waals surface area contributed by atoms with Gasteiger partial charge in [-0.15, -0.1) is 0 Å². The molecule has 6 nitrogen and oxygen atoms in total. The lowest BCUT2D eigenvalue weighted by molar-refractivity contribution is -0.0908. The number of piperazine rings is 1. The molecule has 0 aliphatic carbocycles. The highest BCUT2D eigenvalue weighted by Crippen LogP contribution is 2.30. The monoisotopic (exact) mass is 357 g/mol. The fourth-order valence-electron chi connectivity index (χ4n) is 3.59. The number of ether oxygens (including phenoxy) is 2. The minimum absolute atomic E-state index is 0.0346. The number of amides is 1. The molecule has 0 spiro atoms. The molecule has 2 fully saturated rings. The summed E-state index contributed by atoms with van der Waals surface area (Å²) in [6.07, 6.45) is -0.288. The average Bonchev–Trinajstić information content (AvgIpc) is 2.59. The first-order valence-electron chi connectivity index (χ1n) is 9.11. The van der Waals surface area contributed by atoms with Crippen molar-refractivity contribution in [3.8, 4) is 6.07 Å². The lowest BCUT2D eigenvalue weighted by atomic mass is 9.96. The average molecular weight is 357 g/mol. The van der Waals surface area contributed by atoms with Gasteiger partial charge in [0.15, 0.2) is 0 Å². The van der Waals surface area contributed by atoms with Gasteiger partial charge in [0.25, 0.3) is 0 Å². The van der Waals surface area contributed by atoms with Gasteiger partial charge in [-0.1, -0.05) is 12.1 Å². The topological polar surface area (TPSA) is 65.8 Å². The molecule has 2 aliphatic rings. The normalized spacial score (nSPS) is 23.9. The predicted molar refractivity (Wildman–Crippen MR) is 97.8 cm³/mol. The molecule has 1 amide bonds. The second-order valence-electron chi connectivity index (χ2n) is 8.03. The number of benzene rings is 1. The van der Waals surface area contributed by atoms with Gasteiger partial charge in [-0.25, -0.2) is 4.79 Å². The van der Waals surface area contributed by atoms with Gasteiger partial charge in [-0.3, -0.25) is 4.90 Å². The Bertz CT molecular complexity index is 720. The highest BCUT2D eigenvalue weighted by molar-refractivity contribution is 5.68. The van der Waals surface area contributed by atoms with Crippen molar-refractivity contribution < 1.29 is 14.3 Å². The minimum atomic E-state index is -0.480. The molecule has 140 valence electrons. The van der Waals surface area contributed by atoms with Gasteiger partial charge in [0.2, 0.25) is 0 Å². The number of carbonyl (C=O) groups excluding carboxylic acids is 1. The SMILES string of the molecule is Cc1c(C#N)cccc1[C@@H]1CN2CCN(C(=O)OC(C)(C)C)C[C@H]2CO1. The number of nitriles is 1. The van der Waals surface area contributed by atoms with Crippen LogP contribution in [0.1, 0.15) is 43.6 Å². The van der Waals surface area contributed by atoms with Crippen LogP contribution in [-0.4, -0.2) is 60.3 Å². The van der Waals surface area contributed by atoms with Gasteiger partial charge in [0.05, 0.1) is 30.4 Å². The summed E-state index contributed by atoms with van der Waals surface area (Å²) in [6, 6.07) is 8.22. The molecule has 0 aromatic heterocycles. The molecule has 0 N–H and O–H groups in total. The summed E-state index contributed by atoms with van der Waals surface area (Å²) in [6.45, 7) is 11.1. The molecule has 0 saturated carbocycles. The van der Waals surface area contributed by atoms with E-state index in [0.29, 0.717) is 25.3 Å². The Balaban J connectivity index is 1.64. The smallest absolute Gasteiger partial charge is 0.410 e. The molecule has 1 aromatic carbocycles. The van der Waals surface area contributed by atoms with Crippen LogP contribution in [0.25, 0.3) is 0 Å². The van der Waals surface area contributed by atoms with Gasteiger partial charge in [-0.05, 0) is 44.9 Å². The van der Waals surface area contributed by atoms with E-state index < -0.39 is 5.60 Å². The van der Waals surface area contributed by atoms with E-state index in [0.717, 1.165) is 24.2 Å². The second kappa shape index (κ2) is 7.26. The van der Waals surface area contributed by atoms with E-state index in [-0.39, 0.29) is 18.2 Å². The third-order valence-corrected chi connectivity index (χ3v) is 4.99. The highest BCUT2D eigenvalue weighted by Gasteiger charge is 2.37. The molecule has 2 aliphatic heterocycles. The van der Waals surface area contributed by atoms with Crippen LogP contribution in [-0.2, 0) is 9.47 Å². The zero-order chi connectivity index (χ0) is 18.9. The molecule has 26 heavy (non-hydrogen) atoms. The number of morpholine rings is 1. The Morgan fingerprint density at radius 3 is 2.77 bits per heavy atom. The van der Waals surface area contributed by atoms with Crippen LogP contribution in [0.3, 0.4) is 0 Å². The van der Waals surface area contributed by atoms with Crippen LogP contribution in [0.5, 0.6) is 0 Å². The van der Waals surface area contributed by atoms with Crippen molar-refractivity contribution in [2.75, 3.05) is 32.8 Å². The summed E-state index contributed by atoms with van der Waals surface area (Å²) >= 11 is 0. The van der Waals surface area contributed by atoms with Gasteiger partial charge < -0.3 is 14.4 Å². The number of hydrogen-bond acceptors (Lipinski definition) is 5.